The summed E-state index contributed by atoms with van der Waals surface area (Å²) in [5.41, 5.74) is 4.16. The molecule has 0 saturated carbocycles. The van der Waals surface area contributed by atoms with Crippen LogP contribution in [0.15, 0.2) is 48.5 Å². The van der Waals surface area contributed by atoms with Gasteiger partial charge in [0.15, 0.2) is 0 Å². The second-order valence-corrected chi connectivity index (χ2v) is 9.62. The Balaban J connectivity index is 0.00000338. The zero-order valence-electron chi connectivity index (χ0n) is 15.7. The first-order chi connectivity index (χ1) is 11.6. The molecule has 0 bridgehead atoms. The Labute approximate surface area is 245 Å². The summed E-state index contributed by atoms with van der Waals surface area (Å²) in [7, 11) is -10.3. The topological polar surface area (TPSA) is 118 Å². The summed E-state index contributed by atoms with van der Waals surface area (Å²) < 4.78 is 41.9. The molecule has 6 nitrogen and oxygen atoms in total. The molecule has 0 saturated heterocycles. The standard InChI is InChI=1S/C17H21O6PS.2K/c1-13-5-9-15(10-6-13)16-11-7-14(8-12-16)3-2-4-17(24(18,19)20)25(21,22)23;;/h5-12,17H,2-4H2,1H3,(H2,18,19,20)(H,21,22,23);;/q;2*+1/p-2. The summed E-state index contributed by atoms with van der Waals surface area (Å²) in [5.74, 6) is 0. The molecular formula is C17H19K2O6PS. The summed E-state index contributed by atoms with van der Waals surface area (Å²) in [6, 6.07) is 15.6. The van der Waals surface area contributed by atoms with Gasteiger partial charge >= 0.3 is 103 Å². The normalized spacial score (nSPS) is 12.6. The van der Waals surface area contributed by atoms with Gasteiger partial charge in [-0.3, -0.25) is 4.55 Å². The molecule has 2 aromatic rings. The Kier molecular flexibility index (Phi) is 13.4. The summed E-state index contributed by atoms with van der Waals surface area (Å²) in [6.07, 6.45) is 0.131. The van der Waals surface area contributed by atoms with Crippen molar-refractivity contribution in [2.24, 2.45) is 0 Å². The van der Waals surface area contributed by atoms with Crippen molar-refractivity contribution < 1.29 is 130 Å². The predicted octanol–water partition coefficient (Wildman–Crippen LogP) is -3.88. The maximum Gasteiger partial charge on any atom is 1.00 e. The van der Waals surface area contributed by atoms with Crippen molar-refractivity contribution in [2.75, 3.05) is 0 Å². The van der Waals surface area contributed by atoms with Gasteiger partial charge in [-0.1, -0.05) is 54.1 Å². The molecule has 1 unspecified atom stereocenters. The molecule has 0 aliphatic rings. The van der Waals surface area contributed by atoms with E-state index in [0.717, 1.165) is 16.7 Å². The third kappa shape index (κ3) is 9.63. The maximum atomic E-state index is 11.0. The SMILES string of the molecule is Cc1ccc(-c2ccc(CCCC(P(=O)([O-])[O-])S(=O)(=O)O)cc2)cc1.[K+].[K+]. The first-order valence-electron chi connectivity index (χ1n) is 7.71. The first kappa shape index (κ1) is 28.8. The molecule has 0 aromatic heterocycles. The summed E-state index contributed by atoms with van der Waals surface area (Å²) in [4.78, 5) is 19.7. The van der Waals surface area contributed by atoms with Gasteiger partial charge in [0, 0.05) is 0 Å². The van der Waals surface area contributed by atoms with Gasteiger partial charge in [-0.25, -0.2) is 0 Å². The van der Waals surface area contributed by atoms with E-state index in [9.17, 15) is 22.8 Å². The van der Waals surface area contributed by atoms with Crippen molar-refractivity contribution in [3.63, 3.8) is 0 Å². The Hall–Kier alpha value is 1.77. The molecule has 0 aliphatic heterocycles. The van der Waals surface area contributed by atoms with E-state index in [1.807, 2.05) is 55.5 Å². The average molecular weight is 461 g/mol. The largest absolute Gasteiger partial charge is 1.00 e. The quantitative estimate of drug-likeness (QED) is 0.257. The van der Waals surface area contributed by atoms with E-state index in [-0.39, 0.29) is 109 Å². The summed E-state index contributed by atoms with van der Waals surface area (Å²) >= 11 is 0. The van der Waals surface area contributed by atoms with Crippen LogP contribution in [0.5, 0.6) is 0 Å². The smallest absolute Gasteiger partial charge is 0.810 e. The van der Waals surface area contributed by atoms with Crippen LogP contribution in [0.3, 0.4) is 0 Å². The van der Waals surface area contributed by atoms with Gasteiger partial charge in [-0.15, -0.1) is 0 Å². The molecule has 0 aliphatic carbocycles. The van der Waals surface area contributed by atoms with Gasteiger partial charge < -0.3 is 14.4 Å². The third-order valence-corrected chi connectivity index (χ3v) is 7.41. The van der Waals surface area contributed by atoms with Crippen LogP contribution < -0.4 is 113 Å². The molecule has 2 aromatic carbocycles. The van der Waals surface area contributed by atoms with Crippen molar-refractivity contribution in [3.05, 3.63) is 59.7 Å². The van der Waals surface area contributed by atoms with E-state index in [2.05, 4.69) is 0 Å². The first-order valence-corrected chi connectivity index (χ1v) is 10.8. The average Bonchev–Trinajstić information content (AvgIpc) is 2.50. The Bertz CT molecular complexity index is 863. The van der Waals surface area contributed by atoms with Crippen molar-refractivity contribution in [2.45, 2.75) is 31.2 Å². The Morgan fingerprint density at radius 1 is 0.963 bits per heavy atom. The van der Waals surface area contributed by atoms with E-state index in [1.54, 1.807) is 0 Å². The molecule has 0 spiro atoms. The van der Waals surface area contributed by atoms with Crippen LogP contribution >= 0.6 is 7.60 Å². The number of aryl methyl sites for hydroxylation is 2. The van der Waals surface area contributed by atoms with Gasteiger partial charge in [0.1, 0.15) is 4.99 Å². The third-order valence-electron chi connectivity index (χ3n) is 3.95. The molecule has 136 valence electrons. The summed E-state index contributed by atoms with van der Waals surface area (Å²) in [5, 5.41) is 0. The second kappa shape index (κ2) is 12.6. The van der Waals surface area contributed by atoms with E-state index >= 15 is 0 Å². The predicted molar refractivity (Wildman–Crippen MR) is 92.5 cm³/mol. The molecule has 1 N–H and O–H groups in total. The van der Waals surface area contributed by atoms with Crippen LogP contribution in [0.1, 0.15) is 24.0 Å². The molecule has 0 amide bonds. The molecule has 2 rings (SSSR count). The molecule has 0 heterocycles. The minimum absolute atomic E-state index is 0. The van der Waals surface area contributed by atoms with Crippen LogP contribution in [0, 0.1) is 6.92 Å². The Morgan fingerprint density at radius 3 is 1.81 bits per heavy atom. The van der Waals surface area contributed by atoms with Crippen LogP contribution in [-0.4, -0.2) is 18.0 Å². The maximum absolute atomic E-state index is 11.0. The van der Waals surface area contributed by atoms with Gasteiger partial charge in [0.25, 0.3) is 10.1 Å². The van der Waals surface area contributed by atoms with Crippen LogP contribution in [0.25, 0.3) is 11.1 Å². The number of benzene rings is 2. The molecule has 27 heavy (non-hydrogen) atoms. The van der Waals surface area contributed by atoms with Crippen molar-refractivity contribution in [3.8, 4) is 11.1 Å². The molecular weight excluding hydrogens is 441 g/mol. The Morgan fingerprint density at radius 2 is 1.41 bits per heavy atom. The van der Waals surface area contributed by atoms with Crippen LogP contribution in [-0.2, 0) is 21.1 Å². The molecule has 1 atom stereocenters. The number of hydrogen-bond acceptors (Lipinski definition) is 5. The van der Waals surface area contributed by atoms with Gasteiger partial charge in [-0.05, 0) is 50.5 Å². The van der Waals surface area contributed by atoms with Gasteiger partial charge in [-0.2, -0.15) is 8.42 Å². The van der Waals surface area contributed by atoms with Gasteiger partial charge in [0.2, 0.25) is 0 Å². The number of rotatable bonds is 7. The molecule has 10 heteroatoms. The fourth-order valence-electron chi connectivity index (χ4n) is 2.56. The van der Waals surface area contributed by atoms with E-state index in [0.29, 0.717) is 6.42 Å². The fraction of sp³-hybridized carbons (Fsp3) is 0.294. The molecule has 0 fully saturated rings. The van der Waals surface area contributed by atoms with E-state index in [1.165, 1.54) is 5.56 Å². The zero-order chi connectivity index (χ0) is 18.7. The minimum Gasteiger partial charge on any atom is -0.810 e. The van der Waals surface area contributed by atoms with Crippen LogP contribution in [0.4, 0.5) is 0 Å². The monoisotopic (exact) mass is 460 g/mol. The van der Waals surface area contributed by atoms with Crippen molar-refractivity contribution in [1.82, 2.24) is 0 Å². The van der Waals surface area contributed by atoms with Gasteiger partial charge in [0.05, 0.1) is 0 Å². The zero-order valence-corrected chi connectivity index (χ0v) is 23.6. The second-order valence-electron chi connectivity index (χ2n) is 5.96. The number of hydrogen-bond donors (Lipinski definition) is 1. The van der Waals surface area contributed by atoms with E-state index < -0.39 is 29.1 Å². The van der Waals surface area contributed by atoms with Crippen molar-refractivity contribution >= 4 is 17.7 Å². The minimum atomic E-state index is -5.41. The molecule has 0 radical (unpaired) electrons. The van der Waals surface area contributed by atoms with Crippen LogP contribution in [0.2, 0.25) is 0 Å². The van der Waals surface area contributed by atoms with E-state index in [4.69, 9.17) is 4.55 Å². The summed E-state index contributed by atoms with van der Waals surface area (Å²) in [6.45, 7) is 2.01. The van der Waals surface area contributed by atoms with Crippen molar-refractivity contribution in [1.29, 1.82) is 0 Å². The fourth-order valence-corrected chi connectivity index (χ4v) is 4.83.